The van der Waals surface area contributed by atoms with E-state index in [2.05, 4.69) is 45.3 Å². The molecule has 3 N–H and O–H groups in total. The Hall–Kier alpha value is -1.39. The van der Waals surface area contributed by atoms with Gasteiger partial charge in [-0.25, -0.2) is 0 Å². The van der Waals surface area contributed by atoms with Gasteiger partial charge in [0.2, 0.25) is 0 Å². The fraction of sp³-hybridized carbons (Fsp3) is 0.214. The lowest BCUT2D eigenvalue weighted by Crippen LogP contribution is -2.23. The van der Waals surface area contributed by atoms with Gasteiger partial charge in [0.1, 0.15) is 0 Å². The van der Waals surface area contributed by atoms with Crippen LogP contribution < -0.4 is 11.1 Å². The van der Waals surface area contributed by atoms with Crippen LogP contribution >= 0.6 is 15.9 Å². The van der Waals surface area contributed by atoms with Crippen LogP contribution in [0.1, 0.15) is 24.1 Å². The molecule has 0 aliphatic rings. The van der Waals surface area contributed by atoms with E-state index in [1.165, 1.54) is 5.56 Å². The summed E-state index contributed by atoms with van der Waals surface area (Å²) >= 11 is 3.45. The Labute approximate surface area is 116 Å². The molecule has 1 heterocycles. The minimum absolute atomic E-state index is 0.0804. The van der Waals surface area contributed by atoms with E-state index < -0.39 is 0 Å². The van der Waals surface area contributed by atoms with Crippen molar-refractivity contribution in [2.24, 2.45) is 0 Å². The number of nitrogens with two attached hydrogens (primary N) is 1. The lowest BCUT2D eigenvalue weighted by atomic mass is 9.99. The van der Waals surface area contributed by atoms with Crippen LogP contribution in [0.4, 0.5) is 5.69 Å². The van der Waals surface area contributed by atoms with Gasteiger partial charge in [0.05, 0.1) is 6.04 Å². The molecule has 0 bridgehead atoms. The van der Waals surface area contributed by atoms with Gasteiger partial charge in [0.15, 0.2) is 0 Å². The largest absolute Gasteiger partial charge is 0.398 e. The van der Waals surface area contributed by atoms with Crippen LogP contribution in [0.15, 0.2) is 47.2 Å². The quantitative estimate of drug-likeness (QED) is 0.912. The fourth-order valence-corrected chi connectivity index (χ4v) is 2.19. The second kappa shape index (κ2) is 5.98. The minimum Gasteiger partial charge on any atom is -0.398 e. The van der Waals surface area contributed by atoms with Crippen LogP contribution in [-0.4, -0.2) is 11.5 Å². The third-order valence-corrected chi connectivity index (χ3v) is 3.34. The molecule has 1 aromatic heterocycles. The zero-order valence-electron chi connectivity index (χ0n) is 10.2. The summed E-state index contributed by atoms with van der Waals surface area (Å²) in [7, 11) is 0. The molecule has 4 heteroatoms. The summed E-state index contributed by atoms with van der Waals surface area (Å²) in [5, 5.41) is 3.44. The van der Waals surface area contributed by atoms with Gasteiger partial charge in [-0.3, -0.25) is 4.98 Å². The summed E-state index contributed by atoms with van der Waals surface area (Å²) in [6, 6.07) is 10.2. The highest BCUT2D eigenvalue weighted by Crippen LogP contribution is 2.26. The SMILES string of the molecule is CCNC(c1ccc(Br)cc1)c1cnccc1N. The van der Waals surface area contributed by atoms with Gasteiger partial charge in [-0.1, -0.05) is 35.0 Å². The molecular weight excluding hydrogens is 290 g/mol. The Kier molecular flexibility index (Phi) is 4.33. The summed E-state index contributed by atoms with van der Waals surface area (Å²) in [5.41, 5.74) is 8.99. The summed E-state index contributed by atoms with van der Waals surface area (Å²) in [6.07, 6.45) is 3.54. The molecule has 1 aromatic carbocycles. The first kappa shape index (κ1) is 13.1. The molecule has 3 nitrogen and oxygen atoms in total. The van der Waals surface area contributed by atoms with E-state index in [9.17, 15) is 0 Å². The van der Waals surface area contributed by atoms with Crippen molar-refractivity contribution in [3.8, 4) is 0 Å². The number of halogens is 1. The van der Waals surface area contributed by atoms with E-state index >= 15 is 0 Å². The maximum Gasteiger partial charge on any atom is 0.0612 e. The highest BCUT2D eigenvalue weighted by atomic mass is 79.9. The van der Waals surface area contributed by atoms with Gasteiger partial charge < -0.3 is 11.1 Å². The molecule has 2 aromatic rings. The highest BCUT2D eigenvalue weighted by molar-refractivity contribution is 9.10. The number of nitrogens with one attached hydrogen (secondary N) is 1. The van der Waals surface area contributed by atoms with E-state index in [0.29, 0.717) is 0 Å². The maximum absolute atomic E-state index is 6.03. The Balaban J connectivity index is 2.40. The number of aromatic nitrogens is 1. The van der Waals surface area contributed by atoms with Crippen molar-refractivity contribution in [2.45, 2.75) is 13.0 Å². The number of benzene rings is 1. The molecule has 0 saturated carbocycles. The molecular formula is C14H16BrN3. The van der Waals surface area contributed by atoms with E-state index in [0.717, 1.165) is 22.3 Å². The van der Waals surface area contributed by atoms with E-state index in [1.54, 1.807) is 6.20 Å². The van der Waals surface area contributed by atoms with Crippen molar-refractivity contribution in [3.63, 3.8) is 0 Å². The molecule has 0 saturated heterocycles. The maximum atomic E-state index is 6.03. The monoisotopic (exact) mass is 305 g/mol. The summed E-state index contributed by atoms with van der Waals surface area (Å²) < 4.78 is 1.07. The van der Waals surface area contributed by atoms with Gasteiger partial charge in [0, 0.05) is 28.1 Å². The van der Waals surface area contributed by atoms with Crippen molar-refractivity contribution in [1.82, 2.24) is 10.3 Å². The molecule has 0 aliphatic heterocycles. The van der Waals surface area contributed by atoms with Crippen molar-refractivity contribution in [2.75, 3.05) is 12.3 Å². The number of anilines is 1. The van der Waals surface area contributed by atoms with Crippen molar-refractivity contribution < 1.29 is 0 Å². The van der Waals surface area contributed by atoms with Crippen LogP contribution in [0.2, 0.25) is 0 Å². The number of hydrogen-bond donors (Lipinski definition) is 2. The van der Waals surface area contributed by atoms with Gasteiger partial charge in [-0.05, 0) is 30.3 Å². The molecule has 0 amide bonds. The standard InChI is InChI=1S/C14H16BrN3/c1-2-18-14(10-3-5-11(15)6-4-10)12-9-17-8-7-13(12)16/h3-9,14,18H,2H2,1H3,(H2,16,17). The first-order chi connectivity index (χ1) is 8.72. The summed E-state index contributed by atoms with van der Waals surface area (Å²) in [6.45, 7) is 2.95. The molecule has 94 valence electrons. The molecule has 0 aliphatic carbocycles. The topological polar surface area (TPSA) is 50.9 Å². The Morgan fingerprint density at radius 1 is 1.28 bits per heavy atom. The van der Waals surface area contributed by atoms with Crippen molar-refractivity contribution in [1.29, 1.82) is 0 Å². The molecule has 2 rings (SSSR count). The zero-order valence-corrected chi connectivity index (χ0v) is 11.8. The second-order valence-corrected chi connectivity index (χ2v) is 4.96. The number of hydrogen-bond acceptors (Lipinski definition) is 3. The predicted molar refractivity (Wildman–Crippen MR) is 78.3 cm³/mol. The Morgan fingerprint density at radius 3 is 2.61 bits per heavy atom. The van der Waals surface area contributed by atoms with Crippen molar-refractivity contribution >= 4 is 21.6 Å². The highest BCUT2D eigenvalue weighted by Gasteiger charge is 2.15. The smallest absolute Gasteiger partial charge is 0.0612 e. The first-order valence-corrected chi connectivity index (χ1v) is 6.70. The van der Waals surface area contributed by atoms with Crippen LogP contribution in [0.25, 0.3) is 0 Å². The van der Waals surface area contributed by atoms with Crippen LogP contribution in [0.3, 0.4) is 0 Å². The van der Waals surface area contributed by atoms with E-state index in [-0.39, 0.29) is 6.04 Å². The van der Waals surface area contributed by atoms with Crippen LogP contribution in [-0.2, 0) is 0 Å². The number of nitrogens with zero attached hydrogens (tertiary/aromatic N) is 1. The van der Waals surface area contributed by atoms with Gasteiger partial charge >= 0.3 is 0 Å². The summed E-state index contributed by atoms with van der Waals surface area (Å²) in [5.74, 6) is 0. The average molecular weight is 306 g/mol. The Morgan fingerprint density at radius 2 is 2.00 bits per heavy atom. The number of rotatable bonds is 4. The zero-order chi connectivity index (χ0) is 13.0. The number of pyridine rings is 1. The van der Waals surface area contributed by atoms with E-state index in [4.69, 9.17) is 5.73 Å². The predicted octanol–water partition coefficient (Wildman–Crippen LogP) is 3.13. The molecule has 1 unspecified atom stereocenters. The third kappa shape index (κ3) is 2.89. The van der Waals surface area contributed by atoms with Crippen LogP contribution in [0.5, 0.6) is 0 Å². The van der Waals surface area contributed by atoms with Gasteiger partial charge in [-0.2, -0.15) is 0 Å². The van der Waals surface area contributed by atoms with Crippen LogP contribution in [0, 0.1) is 0 Å². The third-order valence-electron chi connectivity index (χ3n) is 2.81. The lowest BCUT2D eigenvalue weighted by molar-refractivity contribution is 0.630. The van der Waals surface area contributed by atoms with E-state index in [1.807, 2.05) is 24.4 Å². The Bertz CT molecular complexity index is 511. The summed E-state index contributed by atoms with van der Waals surface area (Å²) in [4.78, 5) is 4.16. The second-order valence-electron chi connectivity index (χ2n) is 4.05. The number of nitrogen functional groups attached to an aromatic ring is 1. The molecule has 0 fully saturated rings. The molecule has 1 atom stereocenters. The normalized spacial score (nSPS) is 12.3. The molecule has 0 radical (unpaired) electrons. The minimum atomic E-state index is 0.0804. The lowest BCUT2D eigenvalue weighted by Gasteiger charge is -2.20. The molecule has 18 heavy (non-hydrogen) atoms. The molecule has 0 spiro atoms. The average Bonchev–Trinajstić information content (AvgIpc) is 2.38. The van der Waals surface area contributed by atoms with Gasteiger partial charge in [0.25, 0.3) is 0 Å². The van der Waals surface area contributed by atoms with Crippen molar-refractivity contribution in [3.05, 3.63) is 58.3 Å². The van der Waals surface area contributed by atoms with Gasteiger partial charge in [-0.15, -0.1) is 0 Å². The fourth-order valence-electron chi connectivity index (χ4n) is 1.93. The first-order valence-electron chi connectivity index (χ1n) is 5.90.